The summed E-state index contributed by atoms with van der Waals surface area (Å²) in [6, 6.07) is 0. The van der Waals surface area contributed by atoms with Crippen molar-refractivity contribution in [3.63, 3.8) is 0 Å². The summed E-state index contributed by atoms with van der Waals surface area (Å²) in [5, 5.41) is 3.34. The number of nitrogens with one attached hydrogen (secondary N) is 1. The molecule has 0 unspecified atom stereocenters. The van der Waals surface area contributed by atoms with E-state index in [0.717, 1.165) is 11.7 Å². The molecule has 0 spiro atoms. The van der Waals surface area contributed by atoms with Gasteiger partial charge in [-0.15, -0.1) is 0 Å². The van der Waals surface area contributed by atoms with E-state index in [1.807, 2.05) is 0 Å². The van der Waals surface area contributed by atoms with Crippen molar-refractivity contribution in [1.82, 2.24) is 5.32 Å². The van der Waals surface area contributed by atoms with Crippen molar-refractivity contribution in [2.45, 2.75) is 12.8 Å². The van der Waals surface area contributed by atoms with E-state index in [9.17, 15) is 0 Å². The van der Waals surface area contributed by atoms with E-state index in [1.165, 1.54) is 25.9 Å². The standard InChI is InChI=1S/C6H13NS/c8-5-6-2-1-3-7-4-6/h6-8H,1-5H2/t6-/m0/s1. The maximum Gasteiger partial charge on any atom is -0.00127 e. The van der Waals surface area contributed by atoms with Gasteiger partial charge in [-0.05, 0) is 37.6 Å². The van der Waals surface area contributed by atoms with Crippen LogP contribution in [0.5, 0.6) is 0 Å². The first-order chi connectivity index (χ1) is 3.93. The van der Waals surface area contributed by atoms with E-state index < -0.39 is 0 Å². The Morgan fingerprint density at radius 2 is 2.50 bits per heavy atom. The van der Waals surface area contributed by atoms with Crippen LogP contribution in [0.15, 0.2) is 0 Å². The van der Waals surface area contributed by atoms with E-state index in [2.05, 4.69) is 17.9 Å². The number of hydrogen-bond acceptors (Lipinski definition) is 2. The van der Waals surface area contributed by atoms with E-state index in [4.69, 9.17) is 0 Å². The minimum Gasteiger partial charge on any atom is -0.316 e. The molecule has 0 aromatic carbocycles. The Balaban J connectivity index is 2.13. The van der Waals surface area contributed by atoms with Gasteiger partial charge < -0.3 is 5.32 Å². The molecule has 1 nitrogen and oxygen atoms in total. The zero-order valence-corrected chi connectivity index (χ0v) is 5.95. The van der Waals surface area contributed by atoms with Crippen LogP contribution in [0, 0.1) is 5.92 Å². The quantitative estimate of drug-likeness (QED) is 0.504. The largest absolute Gasteiger partial charge is 0.316 e. The highest BCUT2D eigenvalue weighted by Gasteiger charge is 2.09. The topological polar surface area (TPSA) is 12.0 Å². The lowest BCUT2D eigenvalue weighted by molar-refractivity contribution is 0.411. The lowest BCUT2D eigenvalue weighted by Gasteiger charge is -2.20. The predicted octanol–water partition coefficient (Wildman–Crippen LogP) is 0.916. The second-order valence-corrected chi connectivity index (χ2v) is 2.76. The Hall–Kier alpha value is 0.310. The molecule has 1 saturated heterocycles. The van der Waals surface area contributed by atoms with Gasteiger partial charge in [-0.2, -0.15) is 12.6 Å². The fraction of sp³-hybridized carbons (Fsp3) is 1.00. The number of piperidine rings is 1. The predicted molar refractivity (Wildman–Crippen MR) is 39.4 cm³/mol. The number of thiol groups is 1. The average Bonchev–Trinajstić information content (AvgIpc) is 1.90. The molecule has 0 aromatic heterocycles. The molecule has 0 radical (unpaired) electrons. The molecule has 0 bridgehead atoms. The van der Waals surface area contributed by atoms with Gasteiger partial charge in [-0.1, -0.05) is 0 Å². The molecular weight excluding hydrogens is 118 g/mol. The second kappa shape index (κ2) is 3.36. The molecule has 1 N–H and O–H groups in total. The van der Waals surface area contributed by atoms with Crippen LogP contribution in [0.2, 0.25) is 0 Å². The third-order valence-electron chi connectivity index (χ3n) is 1.66. The van der Waals surface area contributed by atoms with Gasteiger partial charge >= 0.3 is 0 Å². The van der Waals surface area contributed by atoms with Crippen molar-refractivity contribution >= 4 is 12.6 Å². The Bertz CT molecular complexity index is 59.5. The summed E-state index contributed by atoms with van der Waals surface area (Å²) < 4.78 is 0. The maximum atomic E-state index is 4.22. The zero-order chi connectivity index (χ0) is 5.82. The van der Waals surface area contributed by atoms with Crippen LogP contribution in [-0.4, -0.2) is 18.8 Å². The summed E-state index contributed by atoms with van der Waals surface area (Å²) in [4.78, 5) is 0. The minimum absolute atomic E-state index is 0.840. The molecule has 0 aromatic rings. The third kappa shape index (κ3) is 1.67. The third-order valence-corrected chi connectivity index (χ3v) is 2.17. The van der Waals surface area contributed by atoms with E-state index in [1.54, 1.807) is 0 Å². The Labute approximate surface area is 56.3 Å². The molecule has 1 heterocycles. The van der Waals surface area contributed by atoms with Gasteiger partial charge in [0.25, 0.3) is 0 Å². The molecule has 1 atom stereocenters. The normalized spacial score (nSPS) is 30.4. The van der Waals surface area contributed by atoms with Crippen LogP contribution in [0.1, 0.15) is 12.8 Å². The second-order valence-electron chi connectivity index (χ2n) is 2.39. The highest BCUT2D eigenvalue weighted by atomic mass is 32.1. The molecular formula is C6H13NS. The van der Waals surface area contributed by atoms with Crippen LogP contribution in [0.3, 0.4) is 0 Å². The highest BCUT2D eigenvalue weighted by Crippen LogP contribution is 2.09. The number of hydrogen-bond donors (Lipinski definition) is 2. The van der Waals surface area contributed by atoms with Crippen LogP contribution in [0.4, 0.5) is 0 Å². The van der Waals surface area contributed by atoms with Gasteiger partial charge in [-0.25, -0.2) is 0 Å². The Kier molecular flexibility index (Phi) is 2.70. The molecule has 1 fully saturated rings. The van der Waals surface area contributed by atoms with Crippen LogP contribution < -0.4 is 5.32 Å². The zero-order valence-electron chi connectivity index (χ0n) is 5.06. The van der Waals surface area contributed by atoms with E-state index >= 15 is 0 Å². The summed E-state index contributed by atoms with van der Waals surface area (Å²) in [5.74, 6) is 1.89. The first kappa shape index (κ1) is 6.43. The van der Waals surface area contributed by atoms with Gasteiger partial charge in [0.15, 0.2) is 0 Å². The van der Waals surface area contributed by atoms with Gasteiger partial charge in [0, 0.05) is 0 Å². The summed E-state index contributed by atoms with van der Waals surface area (Å²) in [7, 11) is 0. The van der Waals surface area contributed by atoms with Crippen molar-refractivity contribution < 1.29 is 0 Å². The SMILES string of the molecule is SC[C@H]1CCCNC1. The van der Waals surface area contributed by atoms with Crippen LogP contribution in [-0.2, 0) is 0 Å². The lowest BCUT2D eigenvalue weighted by Crippen LogP contribution is -2.30. The fourth-order valence-corrected chi connectivity index (χ4v) is 1.39. The Morgan fingerprint density at radius 1 is 1.62 bits per heavy atom. The molecule has 8 heavy (non-hydrogen) atoms. The summed E-state index contributed by atoms with van der Waals surface area (Å²) in [5.41, 5.74) is 0. The van der Waals surface area contributed by atoms with Gasteiger partial charge in [0.05, 0.1) is 0 Å². The number of rotatable bonds is 1. The molecule has 48 valence electrons. The molecule has 0 saturated carbocycles. The Morgan fingerprint density at radius 3 is 2.88 bits per heavy atom. The molecule has 0 aliphatic carbocycles. The van der Waals surface area contributed by atoms with Gasteiger partial charge in [-0.3, -0.25) is 0 Å². The minimum atomic E-state index is 0.840. The monoisotopic (exact) mass is 131 g/mol. The van der Waals surface area contributed by atoms with Gasteiger partial charge in [0.2, 0.25) is 0 Å². The molecule has 2 heteroatoms. The average molecular weight is 131 g/mol. The van der Waals surface area contributed by atoms with Gasteiger partial charge in [0.1, 0.15) is 0 Å². The first-order valence-corrected chi connectivity index (χ1v) is 3.88. The van der Waals surface area contributed by atoms with Crippen molar-refractivity contribution in [1.29, 1.82) is 0 Å². The van der Waals surface area contributed by atoms with E-state index in [0.29, 0.717) is 0 Å². The van der Waals surface area contributed by atoms with Crippen LogP contribution >= 0.6 is 12.6 Å². The first-order valence-electron chi connectivity index (χ1n) is 3.25. The van der Waals surface area contributed by atoms with Crippen molar-refractivity contribution in [3.05, 3.63) is 0 Å². The molecule has 1 aliphatic rings. The van der Waals surface area contributed by atoms with Crippen LogP contribution in [0.25, 0.3) is 0 Å². The molecule has 0 amide bonds. The van der Waals surface area contributed by atoms with Crippen molar-refractivity contribution in [2.24, 2.45) is 5.92 Å². The lowest BCUT2D eigenvalue weighted by atomic mass is 10.0. The van der Waals surface area contributed by atoms with Crippen molar-refractivity contribution in [3.8, 4) is 0 Å². The maximum absolute atomic E-state index is 4.22. The smallest absolute Gasteiger partial charge is 0.00127 e. The molecule has 1 rings (SSSR count). The van der Waals surface area contributed by atoms with Crippen molar-refractivity contribution in [2.75, 3.05) is 18.8 Å². The summed E-state index contributed by atoms with van der Waals surface area (Å²) in [6.07, 6.45) is 2.71. The fourth-order valence-electron chi connectivity index (χ4n) is 1.08. The highest BCUT2D eigenvalue weighted by molar-refractivity contribution is 7.80. The summed E-state index contributed by atoms with van der Waals surface area (Å²) in [6.45, 7) is 2.40. The molecule has 1 aliphatic heterocycles. The van der Waals surface area contributed by atoms with E-state index in [-0.39, 0.29) is 0 Å². The summed E-state index contributed by atoms with van der Waals surface area (Å²) >= 11 is 4.22.